The van der Waals surface area contributed by atoms with E-state index in [2.05, 4.69) is 18.3 Å². The van der Waals surface area contributed by atoms with Gasteiger partial charge in [0.25, 0.3) is 0 Å². The number of nitrogens with one attached hydrogen (secondary N) is 1. The average molecular weight is 232 g/mol. The van der Waals surface area contributed by atoms with E-state index in [1.807, 2.05) is 12.1 Å². The molecule has 0 saturated heterocycles. The molecule has 1 aliphatic rings. The van der Waals surface area contributed by atoms with Gasteiger partial charge in [-0.3, -0.25) is 0 Å². The summed E-state index contributed by atoms with van der Waals surface area (Å²) in [7, 11) is 0. The second-order valence-corrected chi connectivity index (χ2v) is 4.22. The number of hydrogen-bond donors (Lipinski definition) is 1. The summed E-state index contributed by atoms with van der Waals surface area (Å²) in [5.74, 6) is 0.912. The molecule has 78 valence electrons. The van der Waals surface area contributed by atoms with Gasteiger partial charge in [-0.25, -0.2) is 0 Å². The number of benzene rings is 1. The van der Waals surface area contributed by atoms with Gasteiger partial charge in [-0.1, -0.05) is 11.6 Å². The molecule has 1 aromatic carbocycles. The first kappa shape index (κ1) is 11.7. The van der Waals surface area contributed by atoms with Gasteiger partial charge in [-0.05, 0) is 49.4 Å². The lowest BCUT2D eigenvalue weighted by atomic mass is 10.2. The van der Waals surface area contributed by atoms with Crippen LogP contribution in [0, 0.1) is 12.8 Å². The van der Waals surface area contributed by atoms with Gasteiger partial charge in [0, 0.05) is 17.3 Å². The molecular formula is C11H15Cl2N. The summed E-state index contributed by atoms with van der Waals surface area (Å²) >= 11 is 5.86. The fraction of sp³-hybridized carbons (Fsp3) is 0.455. The number of halogens is 2. The molecule has 0 spiro atoms. The second-order valence-electron chi connectivity index (χ2n) is 3.78. The summed E-state index contributed by atoms with van der Waals surface area (Å²) in [6.45, 7) is 3.20. The topological polar surface area (TPSA) is 12.0 Å². The molecule has 0 aliphatic heterocycles. The highest BCUT2D eigenvalue weighted by Crippen LogP contribution is 2.29. The summed E-state index contributed by atoms with van der Waals surface area (Å²) in [6.07, 6.45) is 2.78. The van der Waals surface area contributed by atoms with E-state index in [-0.39, 0.29) is 12.4 Å². The highest BCUT2D eigenvalue weighted by molar-refractivity contribution is 6.30. The molecule has 3 heteroatoms. The number of anilines is 1. The monoisotopic (exact) mass is 231 g/mol. The first-order chi connectivity index (χ1) is 6.25. The van der Waals surface area contributed by atoms with Crippen molar-refractivity contribution < 1.29 is 0 Å². The van der Waals surface area contributed by atoms with E-state index in [0.717, 1.165) is 17.5 Å². The van der Waals surface area contributed by atoms with Gasteiger partial charge in [0.1, 0.15) is 0 Å². The minimum absolute atomic E-state index is 0. The van der Waals surface area contributed by atoms with Crippen LogP contribution in [0.15, 0.2) is 18.2 Å². The Labute approximate surface area is 96.3 Å². The third kappa shape index (κ3) is 3.07. The van der Waals surface area contributed by atoms with Gasteiger partial charge in [-0.2, -0.15) is 0 Å². The predicted molar refractivity (Wildman–Crippen MR) is 64.7 cm³/mol. The fourth-order valence-corrected chi connectivity index (χ4v) is 1.63. The summed E-state index contributed by atoms with van der Waals surface area (Å²) in [5, 5.41) is 4.26. The first-order valence-electron chi connectivity index (χ1n) is 4.76. The van der Waals surface area contributed by atoms with Crippen molar-refractivity contribution in [2.45, 2.75) is 19.8 Å². The van der Waals surface area contributed by atoms with Crippen molar-refractivity contribution in [1.29, 1.82) is 0 Å². The smallest absolute Gasteiger partial charge is 0.0410 e. The van der Waals surface area contributed by atoms with Gasteiger partial charge in [0.15, 0.2) is 0 Å². The van der Waals surface area contributed by atoms with Crippen LogP contribution in [0.1, 0.15) is 18.4 Å². The Balaban J connectivity index is 0.000000980. The van der Waals surface area contributed by atoms with Crippen molar-refractivity contribution in [2.75, 3.05) is 11.9 Å². The molecule has 1 fully saturated rings. The lowest BCUT2D eigenvalue weighted by Crippen LogP contribution is -2.04. The molecule has 0 heterocycles. The van der Waals surface area contributed by atoms with E-state index >= 15 is 0 Å². The molecule has 1 N–H and O–H groups in total. The minimum Gasteiger partial charge on any atom is -0.385 e. The molecule has 1 aliphatic carbocycles. The van der Waals surface area contributed by atoms with Crippen LogP contribution >= 0.6 is 24.0 Å². The van der Waals surface area contributed by atoms with Gasteiger partial charge >= 0.3 is 0 Å². The van der Waals surface area contributed by atoms with E-state index in [9.17, 15) is 0 Å². The normalized spacial score (nSPS) is 14.7. The molecular weight excluding hydrogens is 217 g/mol. The lowest BCUT2D eigenvalue weighted by molar-refractivity contribution is 0.888. The van der Waals surface area contributed by atoms with Crippen molar-refractivity contribution in [2.24, 2.45) is 5.92 Å². The van der Waals surface area contributed by atoms with Crippen LogP contribution < -0.4 is 5.32 Å². The Morgan fingerprint density at radius 2 is 2.14 bits per heavy atom. The maximum atomic E-state index is 5.86. The lowest BCUT2D eigenvalue weighted by Gasteiger charge is -2.08. The molecule has 14 heavy (non-hydrogen) atoms. The molecule has 1 aromatic rings. The van der Waals surface area contributed by atoms with Crippen molar-refractivity contribution in [3.05, 3.63) is 28.8 Å². The van der Waals surface area contributed by atoms with E-state index in [1.165, 1.54) is 24.1 Å². The predicted octanol–water partition coefficient (Wildman–Crippen LogP) is 3.89. The Bertz CT molecular complexity index is 308. The summed E-state index contributed by atoms with van der Waals surface area (Å²) in [5.41, 5.74) is 2.45. The Hall–Kier alpha value is -0.400. The zero-order chi connectivity index (χ0) is 9.26. The molecule has 0 atom stereocenters. The van der Waals surface area contributed by atoms with Gasteiger partial charge < -0.3 is 5.32 Å². The van der Waals surface area contributed by atoms with Crippen LogP contribution in [0.5, 0.6) is 0 Å². The maximum absolute atomic E-state index is 5.86. The molecule has 0 unspecified atom stereocenters. The van der Waals surface area contributed by atoms with Crippen LogP contribution in [0.3, 0.4) is 0 Å². The Morgan fingerprint density at radius 1 is 1.43 bits per heavy atom. The van der Waals surface area contributed by atoms with Crippen LogP contribution in [0.4, 0.5) is 5.69 Å². The van der Waals surface area contributed by atoms with Crippen LogP contribution in [-0.4, -0.2) is 6.54 Å². The zero-order valence-corrected chi connectivity index (χ0v) is 9.79. The van der Waals surface area contributed by atoms with E-state index in [0.29, 0.717) is 0 Å². The maximum Gasteiger partial charge on any atom is 0.0410 e. The highest BCUT2D eigenvalue weighted by atomic mass is 35.5. The zero-order valence-electron chi connectivity index (χ0n) is 8.22. The average Bonchev–Trinajstić information content (AvgIpc) is 2.86. The van der Waals surface area contributed by atoms with Crippen molar-refractivity contribution in [3.63, 3.8) is 0 Å². The second kappa shape index (κ2) is 4.90. The standard InChI is InChI=1S/C11H14ClN.ClH/c1-8-6-10(12)4-5-11(8)13-7-9-2-3-9;/h4-6,9,13H,2-3,7H2,1H3;1H. The first-order valence-corrected chi connectivity index (χ1v) is 5.13. The molecule has 2 rings (SSSR count). The molecule has 1 saturated carbocycles. The van der Waals surface area contributed by atoms with E-state index in [1.54, 1.807) is 0 Å². The molecule has 1 nitrogen and oxygen atoms in total. The quantitative estimate of drug-likeness (QED) is 0.833. The van der Waals surface area contributed by atoms with E-state index in [4.69, 9.17) is 11.6 Å². The van der Waals surface area contributed by atoms with E-state index < -0.39 is 0 Å². The van der Waals surface area contributed by atoms with Crippen LogP contribution in [-0.2, 0) is 0 Å². The fourth-order valence-electron chi connectivity index (χ4n) is 1.40. The van der Waals surface area contributed by atoms with Crippen molar-refractivity contribution >= 4 is 29.7 Å². The largest absolute Gasteiger partial charge is 0.385 e. The summed E-state index contributed by atoms with van der Waals surface area (Å²) in [4.78, 5) is 0. The molecule has 0 bridgehead atoms. The third-order valence-corrected chi connectivity index (χ3v) is 2.70. The third-order valence-electron chi connectivity index (χ3n) is 2.47. The summed E-state index contributed by atoms with van der Waals surface area (Å²) in [6, 6.07) is 5.99. The SMILES string of the molecule is Cc1cc(Cl)ccc1NCC1CC1.Cl. The van der Waals surface area contributed by atoms with Gasteiger partial charge in [-0.15, -0.1) is 12.4 Å². The Kier molecular flexibility index (Phi) is 4.09. The molecule has 0 amide bonds. The van der Waals surface area contributed by atoms with Crippen molar-refractivity contribution in [1.82, 2.24) is 0 Å². The Morgan fingerprint density at radius 3 is 2.71 bits per heavy atom. The molecule has 0 aromatic heterocycles. The minimum atomic E-state index is 0. The van der Waals surface area contributed by atoms with Gasteiger partial charge in [0.2, 0.25) is 0 Å². The highest BCUT2D eigenvalue weighted by Gasteiger charge is 2.20. The molecule has 0 radical (unpaired) electrons. The number of hydrogen-bond acceptors (Lipinski definition) is 1. The van der Waals surface area contributed by atoms with Crippen molar-refractivity contribution in [3.8, 4) is 0 Å². The van der Waals surface area contributed by atoms with Gasteiger partial charge in [0.05, 0.1) is 0 Å². The van der Waals surface area contributed by atoms with Crippen LogP contribution in [0.25, 0.3) is 0 Å². The summed E-state index contributed by atoms with van der Waals surface area (Å²) < 4.78 is 0. The number of rotatable bonds is 3. The number of aryl methyl sites for hydroxylation is 1. The van der Waals surface area contributed by atoms with Crippen LogP contribution in [0.2, 0.25) is 5.02 Å².